The van der Waals surface area contributed by atoms with Crippen LogP contribution in [0.3, 0.4) is 0 Å². The lowest BCUT2D eigenvalue weighted by molar-refractivity contribution is 0.196. The molecule has 1 aliphatic carbocycles. The molecule has 0 atom stereocenters. The Morgan fingerprint density at radius 2 is 2.15 bits per heavy atom. The molecule has 0 saturated carbocycles. The number of ether oxygens (including phenoxy) is 1. The van der Waals surface area contributed by atoms with Gasteiger partial charge in [0.1, 0.15) is 0 Å². The second-order valence-electron chi connectivity index (χ2n) is 6.13. The molecule has 0 saturated heterocycles. The summed E-state index contributed by atoms with van der Waals surface area (Å²) in [4.78, 5) is 14.0. The smallest absolute Gasteiger partial charge is 0.315 e. The molecule has 26 heavy (non-hydrogen) atoms. The lowest BCUT2D eigenvalue weighted by Gasteiger charge is -2.05. The van der Waals surface area contributed by atoms with E-state index < -0.39 is 0 Å². The quantitative estimate of drug-likeness (QED) is 0.458. The molecule has 0 radical (unpaired) electrons. The van der Waals surface area contributed by atoms with Gasteiger partial charge in [-0.3, -0.25) is 5.10 Å². The van der Waals surface area contributed by atoms with Crippen LogP contribution in [0.15, 0.2) is 36.4 Å². The van der Waals surface area contributed by atoms with Gasteiger partial charge in [0, 0.05) is 36.1 Å². The van der Waals surface area contributed by atoms with Gasteiger partial charge in [-0.1, -0.05) is 24.3 Å². The highest BCUT2D eigenvalue weighted by Crippen LogP contribution is 2.41. The van der Waals surface area contributed by atoms with Crippen molar-refractivity contribution in [2.75, 3.05) is 20.3 Å². The maximum Gasteiger partial charge on any atom is 0.315 e. The summed E-state index contributed by atoms with van der Waals surface area (Å²) >= 11 is 1.67. The van der Waals surface area contributed by atoms with Crippen molar-refractivity contribution < 1.29 is 9.53 Å². The molecule has 6 nitrogen and oxygen atoms in total. The largest absolute Gasteiger partial charge is 0.383 e. The number of carbonyl (C=O) groups excluding carboxylic acids is 1. The first-order valence-corrected chi connectivity index (χ1v) is 9.33. The van der Waals surface area contributed by atoms with E-state index in [1.54, 1.807) is 18.4 Å². The summed E-state index contributed by atoms with van der Waals surface area (Å²) in [6.45, 7) is 1.50. The molecule has 2 heterocycles. The lowest BCUT2D eigenvalue weighted by Crippen LogP contribution is -2.36. The highest BCUT2D eigenvalue weighted by molar-refractivity contribution is 7.15. The minimum atomic E-state index is -0.185. The second kappa shape index (κ2) is 7.31. The van der Waals surface area contributed by atoms with Gasteiger partial charge >= 0.3 is 6.03 Å². The molecule has 1 aromatic carbocycles. The van der Waals surface area contributed by atoms with Crippen molar-refractivity contribution in [3.8, 4) is 21.8 Å². The zero-order chi connectivity index (χ0) is 17.9. The molecule has 7 heteroatoms. The van der Waals surface area contributed by atoms with Crippen LogP contribution in [0.1, 0.15) is 16.0 Å². The average Bonchev–Trinajstić information content (AvgIpc) is 3.35. The number of fused-ring (bicyclic) bond motifs is 3. The predicted octanol–water partition coefficient (Wildman–Crippen LogP) is 3.16. The molecule has 3 aromatic rings. The Bertz CT molecular complexity index is 931. The van der Waals surface area contributed by atoms with Crippen molar-refractivity contribution in [3.05, 3.63) is 52.4 Å². The van der Waals surface area contributed by atoms with Gasteiger partial charge in [0.15, 0.2) is 0 Å². The average molecular weight is 368 g/mol. The van der Waals surface area contributed by atoms with E-state index in [2.05, 4.69) is 51.2 Å². The van der Waals surface area contributed by atoms with Crippen LogP contribution in [0.4, 0.5) is 4.79 Å². The highest BCUT2D eigenvalue weighted by Gasteiger charge is 2.25. The van der Waals surface area contributed by atoms with Crippen molar-refractivity contribution in [1.82, 2.24) is 20.8 Å². The number of thiophene rings is 1. The number of rotatable bonds is 6. The summed E-state index contributed by atoms with van der Waals surface area (Å²) in [5.41, 5.74) is 5.94. The summed E-state index contributed by atoms with van der Waals surface area (Å²) < 4.78 is 4.91. The monoisotopic (exact) mass is 368 g/mol. The summed E-state index contributed by atoms with van der Waals surface area (Å²) in [5, 5.41) is 13.3. The third-order valence-electron chi connectivity index (χ3n) is 4.43. The molecule has 0 bridgehead atoms. The number of nitrogens with zero attached hydrogens (tertiary/aromatic N) is 1. The van der Waals surface area contributed by atoms with Crippen molar-refractivity contribution >= 4 is 17.4 Å². The van der Waals surface area contributed by atoms with E-state index in [1.807, 2.05) is 6.07 Å². The number of aromatic amines is 1. The molecule has 2 aromatic heterocycles. The molecule has 0 spiro atoms. The molecule has 2 amide bonds. The van der Waals surface area contributed by atoms with Crippen molar-refractivity contribution in [3.63, 3.8) is 0 Å². The molecule has 3 N–H and O–H groups in total. The van der Waals surface area contributed by atoms with Crippen LogP contribution in [-0.4, -0.2) is 36.5 Å². The lowest BCUT2D eigenvalue weighted by atomic mass is 10.1. The summed E-state index contributed by atoms with van der Waals surface area (Å²) in [5.74, 6) is 0. The van der Waals surface area contributed by atoms with E-state index >= 15 is 0 Å². The van der Waals surface area contributed by atoms with Gasteiger partial charge in [0.25, 0.3) is 0 Å². The zero-order valence-electron chi connectivity index (χ0n) is 14.5. The number of hydrogen-bond acceptors (Lipinski definition) is 4. The van der Waals surface area contributed by atoms with Crippen LogP contribution in [0.5, 0.6) is 0 Å². The van der Waals surface area contributed by atoms with E-state index in [1.165, 1.54) is 16.7 Å². The van der Waals surface area contributed by atoms with Crippen LogP contribution < -0.4 is 10.6 Å². The molecule has 4 rings (SSSR count). The number of aromatic nitrogens is 2. The first-order valence-electron chi connectivity index (χ1n) is 8.51. The highest BCUT2D eigenvalue weighted by atomic mass is 32.1. The van der Waals surface area contributed by atoms with Crippen LogP contribution in [0.25, 0.3) is 21.8 Å². The Kier molecular flexibility index (Phi) is 4.73. The van der Waals surface area contributed by atoms with Gasteiger partial charge in [-0.25, -0.2) is 4.79 Å². The molecular formula is C19H20N4O2S. The Balaban J connectivity index is 1.43. The minimum Gasteiger partial charge on any atom is -0.383 e. The van der Waals surface area contributed by atoms with E-state index in [-0.39, 0.29) is 6.03 Å². The van der Waals surface area contributed by atoms with Crippen LogP contribution in [-0.2, 0) is 17.7 Å². The van der Waals surface area contributed by atoms with Crippen molar-refractivity contribution in [2.24, 2.45) is 0 Å². The molecule has 1 aliphatic rings. The van der Waals surface area contributed by atoms with E-state index in [4.69, 9.17) is 4.74 Å². The number of hydrogen-bond donors (Lipinski definition) is 3. The molecule has 0 fully saturated rings. The van der Waals surface area contributed by atoms with Crippen molar-refractivity contribution in [2.45, 2.75) is 13.0 Å². The fourth-order valence-electron chi connectivity index (χ4n) is 3.16. The fourth-order valence-corrected chi connectivity index (χ4v) is 4.13. The number of urea groups is 1. The molecule has 0 unspecified atom stereocenters. The van der Waals surface area contributed by atoms with Gasteiger partial charge in [-0.05, 0) is 17.7 Å². The Hall–Kier alpha value is -2.64. The van der Waals surface area contributed by atoms with Gasteiger partial charge < -0.3 is 15.4 Å². The number of H-pyrrole nitrogens is 1. The number of amides is 2. The first kappa shape index (κ1) is 16.8. The van der Waals surface area contributed by atoms with E-state index in [9.17, 15) is 4.79 Å². The maximum atomic E-state index is 11.7. The van der Waals surface area contributed by atoms with E-state index in [0.717, 1.165) is 27.6 Å². The third-order valence-corrected chi connectivity index (χ3v) is 5.53. The van der Waals surface area contributed by atoms with Gasteiger partial charge in [0.05, 0.1) is 29.4 Å². The Morgan fingerprint density at radius 1 is 1.27 bits per heavy atom. The number of carbonyl (C=O) groups is 1. The second-order valence-corrected chi connectivity index (χ2v) is 7.30. The van der Waals surface area contributed by atoms with Gasteiger partial charge in [0.2, 0.25) is 0 Å². The standard InChI is InChI=1S/C19H20N4O2S/c1-25-9-8-20-19(24)21-11-13-6-7-16(26-13)18-15-10-12-4-2-3-5-14(12)17(15)22-23-18/h2-7H,8-11H2,1H3,(H,22,23)(H2,20,21,24). The zero-order valence-corrected chi connectivity index (χ0v) is 15.3. The van der Waals surface area contributed by atoms with Crippen LogP contribution in [0, 0.1) is 0 Å². The van der Waals surface area contributed by atoms with Gasteiger partial charge in [-0.2, -0.15) is 5.10 Å². The third kappa shape index (κ3) is 3.23. The number of nitrogens with one attached hydrogen (secondary N) is 3. The van der Waals surface area contributed by atoms with Gasteiger partial charge in [-0.15, -0.1) is 11.3 Å². The number of methoxy groups -OCH3 is 1. The number of benzene rings is 1. The molecule has 134 valence electrons. The van der Waals surface area contributed by atoms with Crippen LogP contribution >= 0.6 is 11.3 Å². The summed E-state index contributed by atoms with van der Waals surface area (Å²) in [6, 6.07) is 12.3. The fraction of sp³-hybridized carbons (Fsp3) is 0.263. The Labute approximate surface area is 155 Å². The SMILES string of the molecule is COCCNC(=O)NCc1ccc(-c2[nH]nc3c2Cc2ccccc2-3)s1. The maximum absolute atomic E-state index is 11.7. The normalized spacial score (nSPS) is 11.9. The Morgan fingerprint density at radius 3 is 3.04 bits per heavy atom. The summed E-state index contributed by atoms with van der Waals surface area (Å²) in [6.07, 6.45) is 0.907. The predicted molar refractivity (Wildman–Crippen MR) is 102 cm³/mol. The first-order chi connectivity index (χ1) is 12.8. The molecule has 0 aliphatic heterocycles. The minimum absolute atomic E-state index is 0.185. The summed E-state index contributed by atoms with van der Waals surface area (Å²) in [7, 11) is 1.61. The topological polar surface area (TPSA) is 79.0 Å². The van der Waals surface area contributed by atoms with E-state index in [0.29, 0.717) is 19.7 Å². The van der Waals surface area contributed by atoms with Crippen molar-refractivity contribution in [1.29, 1.82) is 0 Å². The molecular weight excluding hydrogens is 348 g/mol. The van der Waals surface area contributed by atoms with Crippen LogP contribution in [0.2, 0.25) is 0 Å².